The second-order valence-corrected chi connectivity index (χ2v) is 4.67. The van der Waals surface area contributed by atoms with Crippen molar-refractivity contribution >= 4 is 11.6 Å². The second-order valence-electron chi connectivity index (χ2n) is 4.67. The topological polar surface area (TPSA) is 34.1 Å². The average Bonchev–Trinajstić information content (AvgIpc) is 2.39. The number of benzene rings is 1. The number of rotatable bonds is 9. The molecule has 3 heteroatoms. The molecule has 0 spiro atoms. The van der Waals surface area contributed by atoms with E-state index in [9.17, 15) is 9.59 Å². The van der Waals surface area contributed by atoms with E-state index >= 15 is 0 Å². The number of Topliss-reactive ketones (excluding diaryl/α,β-unsaturated/α-hetero) is 2. The number of unbranched alkanes of at least 4 members (excludes halogenated alkanes) is 4. The first kappa shape index (κ1) is 18.2. The Hall–Kier alpha value is -0.817. The van der Waals surface area contributed by atoms with Crippen LogP contribution < -0.4 is 0 Å². The van der Waals surface area contributed by atoms with Gasteiger partial charge in [-0.25, -0.2) is 0 Å². The summed E-state index contributed by atoms with van der Waals surface area (Å²) >= 11 is 0. The molecule has 19 heavy (non-hydrogen) atoms. The summed E-state index contributed by atoms with van der Waals surface area (Å²) in [7, 11) is 0. The van der Waals surface area contributed by atoms with Crippen LogP contribution in [0.3, 0.4) is 0 Å². The Morgan fingerprint density at radius 1 is 0.947 bits per heavy atom. The van der Waals surface area contributed by atoms with E-state index in [1.54, 1.807) is 12.1 Å². The minimum absolute atomic E-state index is 0. The third-order valence-electron chi connectivity index (χ3n) is 3.01. The molecule has 0 saturated heterocycles. The third kappa shape index (κ3) is 8.05. The molecule has 0 aliphatic heterocycles. The number of carbonyl (C=O) groups is 2. The maximum atomic E-state index is 11.8. The molecule has 1 rings (SSSR count). The van der Waals surface area contributed by atoms with Gasteiger partial charge in [-0.1, -0.05) is 62.9 Å². The zero-order chi connectivity index (χ0) is 13.2. The second kappa shape index (κ2) is 11.0. The SMILES string of the molecule is CCCCCCCC(=O)CC(=O)c1ccccc1.[Zn+2]. The molecule has 0 unspecified atom stereocenters. The van der Waals surface area contributed by atoms with Gasteiger partial charge in [0.2, 0.25) is 0 Å². The Balaban J connectivity index is 0.00000324. The first-order valence-electron chi connectivity index (χ1n) is 6.84. The Labute approximate surface area is 128 Å². The van der Waals surface area contributed by atoms with Gasteiger partial charge in [0.15, 0.2) is 5.78 Å². The molecule has 0 aromatic heterocycles. The summed E-state index contributed by atoms with van der Waals surface area (Å²) in [5.74, 6) is 0.00881. The molecule has 0 fully saturated rings. The zero-order valence-electron chi connectivity index (χ0n) is 11.9. The quantitative estimate of drug-likeness (QED) is 0.297. The number of hydrogen-bond acceptors (Lipinski definition) is 2. The Bertz CT molecular complexity index is 374. The van der Waals surface area contributed by atoms with Crippen molar-refractivity contribution < 1.29 is 29.1 Å². The van der Waals surface area contributed by atoms with Gasteiger partial charge in [-0.15, -0.1) is 0 Å². The Kier molecular flexibility index (Phi) is 10.6. The molecule has 1 aromatic rings. The molecule has 0 bridgehead atoms. The van der Waals surface area contributed by atoms with Gasteiger partial charge in [-0.3, -0.25) is 9.59 Å². The van der Waals surface area contributed by atoms with Crippen molar-refractivity contribution in [1.29, 1.82) is 0 Å². The number of hydrogen-bond donors (Lipinski definition) is 0. The predicted molar refractivity (Wildman–Crippen MR) is 73.8 cm³/mol. The Morgan fingerprint density at radius 2 is 1.58 bits per heavy atom. The van der Waals surface area contributed by atoms with Gasteiger partial charge in [0.05, 0.1) is 6.42 Å². The number of ketones is 2. The van der Waals surface area contributed by atoms with Crippen LogP contribution in [-0.4, -0.2) is 11.6 Å². The monoisotopic (exact) mass is 310 g/mol. The van der Waals surface area contributed by atoms with Crippen LogP contribution in [-0.2, 0) is 24.3 Å². The van der Waals surface area contributed by atoms with Gasteiger partial charge in [0.25, 0.3) is 0 Å². The van der Waals surface area contributed by atoms with E-state index in [2.05, 4.69) is 6.92 Å². The average molecular weight is 312 g/mol. The molecular weight excluding hydrogens is 290 g/mol. The molecule has 0 heterocycles. The normalized spacial score (nSPS) is 9.74. The van der Waals surface area contributed by atoms with Crippen molar-refractivity contribution in [2.75, 3.05) is 0 Å². The largest absolute Gasteiger partial charge is 2.00 e. The molecule has 98 valence electrons. The van der Waals surface area contributed by atoms with Crippen LogP contribution in [0.4, 0.5) is 0 Å². The molecule has 0 amide bonds. The van der Waals surface area contributed by atoms with Gasteiger partial charge < -0.3 is 0 Å². The minimum atomic E-state index is -0.0610. The first-order valence-corrected chi connectivity index (χ1v) is 6.84. The van der Waals surface area contributed by atoms with Gasteiger partial charge in [0.1, 0.15) is 5.78 Å². The van der Waals surface area contributed by atoms with E-state index in [1.807, 2.05) is 18.2 Å². The van der Waals surface area contributed by atoms with Crippen molar-refractivity contribution in [3.63, 3.8) is 0 Å². The fraction of sp³-hybridized carbons (Fsp3) is 0.500. The van der Waals surface area contributed by atoms with Crippen LogP contribution in [0.5, 0.6) is 0 Å². The summed E-state index contributed by atoms with van der Waals surface area (Å²) in [6, 6.07) is 9.03. The van der Waals surface area contributed by atoms with Gasteiger partial charge >= 0.3 is 19.5 Å². The minimum Gasteiger partial charge on any atom is -0.299 e. The standard InChI is InChI=1S/C16H22O2.Zn/c1-2-3-4-5-9-12-15(17)13-16(18)14-10-7-6-8-11-14;/h6-8,10-11H,2-5,9,12-13H2,1H3;/q;+2. The van der Waals surface area contributed by atoms with Gasteiger partial charge in [-0.05, 0) is 6.42 Å². The molecule has 2 nitrogen and oxygen atoms in total. The van der Waals surface area contributed by atoms with Crippen LogP contribution in [0.15, 0.2) is 30.3 Å². The van der Waals surface area contributed by atoms with Crippen LogP contribution >= 0.6 is 0 Å². The fourth-order valence-corrected chi connectivity index (χ4v) is 1.92. The predicted octanol–water partition coefficient (Wildman–Crippen LogP) is 4.19. The smallest absolute Gasteiger partial charge is 0.299 e. The maximum Gasteiger partial charge on any atom is 2.00 e. The van der Waals surface area contributed by atoms with Crippen LogP contribution in [0.25, 0.3) is 0 Å². The maximum absolute atomic E-state index is 11.8. The van der Waals surface area contributed by atoms with Crippen LogP contribution in [0.1, 0.15) is 62.2 Å². The van der Waals surface area contributed by atoms with E-state index in [-0.39, 0.29) is 37.5 Å². The van der Waals surface area contributed by atoms with E-state index in [0.29, 0.717) is 12.0 Å². The zero-order valence-corrected chi connectivity index (χ0v) is 14.8. The van der Waals surface area contributed by atoms with E-state index in [4.69, 9.17) is 0 Å². The molecule has 1 aromatic carbocycles. The molecule has 0 atom stereocenters. The summed E-state index contributed by atoms with van der Waals surface area (Å²) in [5, 5.41) is 0. The van der Waals surface area contributed by atoms with Crippen molar-refractivity contribution in [3.8, 4) is 0 Å². The first-order chi connectivity index (χ1) is 8.74. The van der Waals surface area contributed by atoms with Gasteiger partial charge in [-0.2, -0.15) is 0 Å². The molecular formula is C16H22O2Zn+2. The molecule has 0 aliphatic rings. The Morgan fingerprint density at radius 3 is 2.21 bits per heavy atom. The van der Waals surface area contributed by atoms with E-state index in [0.717, 1.165) is 12.8 Å². The van der Waals surface area contributed by atoms with Crippen LogP contribution in [0.2, 0.25) is 0 Å². The summed E-state index contributed by atoms with van der Waals surface area (Å²) in [5.41, 5.74) is 0.636. The van der Waals surface area contributed by atoms with Crippen molar-refractivity contribution in [1.82, 2.24) is 0 Å². The van der Waals surface area contributed by atoms with Gasteiger partial charge in [0, 0.05) is 12.0 Å². The summed E-state index contributed by atoms with van der Waals surface area (Å²) in [6.07, 6.45) is 6.24. The summed E-state index contributed by atoms with van der Waals surface area (Å²) in [4.78, 5) is 23.4. The van der Waals surface area contributed by atoms with Crippen LogP contribution in [0, 0.1) is 0 Å². The summed E-state index contributed by atoms with van der Waals surface area (Å²) in [6.45, 7) is 2.17. The molecule has 0 saturated carbocycles. The van der Waals surface area contributed by atoms with E-state index < -0.39 is 0 Å². The van der Waals surface area contributed by atoms with E-state index in [1.165, 1.54) is 19.3 Å². The van der Waals surface area contributed by atoms with Crippen molar-refractivity contribution in [2.45, 2.75) is 51.9 Å². The molecule has 0 radical (unpaired) electrons. The fourth-order valence-electron chi connectivity index (χ4n) is 1.92. The van der Waals surface area contributed by atoms with Crippen molar-refractivity contribution in [3.05, 3.63) is 35.9 Å². The molecule has 0 aliphatic carbocycles. The van der Waals surface area contributed by atoms with Crippen molar-refractivity contribution in [2.24, 2.45) is 0 Å². The summed E-state index contributed by atoms with van der Waals surface area (Å²) < 4.78 is 0. The molecule has 0 N–H and O–H groups in total. The number of carbonyl (C=O) groups excluding carboxylic acids is 2. The third-order valence-corrected chi connectivity index (χ3v) is 3.01.